The lowest BCUT2D eigenvalue weighted by Crippen LogP contribution is -2.13. The van der Waals surface area contributed by atoms with Crippen LogP contribution in [-0.4, -0.2) is 15.3 Å². The van der Waals surface area contributed by atoms with Crippen LogP contribution in [0.5, 0.6) is 0 Å². The first kappa shape index (κ1) is 14.3. The fourth-order valence-corrected chi connectivity index (χ4v) is 2.49. The summed E-state index contributed by atoms with van der Waals surface area (Å²) < 4.78 is 17.8. The second-order valence-corrected chi connectivity index (χ2v) is 5.47. The summed E-state index contributed by atoms with van der Waals surface area (Å²) in [5, 5.41) is 2.90. The molecule has 22 heavy (non-hydrogen) atoms. The number of aryl methyl sites for hydroxylation is 1. The fraction of sp³-hybridized carbons (Fsp3) is 0.0625. The highest BCUT2D eigenvalue weighted by Gasteiger charge is 2.14. The van der Waals surface area contributed by atoms with E-state index in [0.29, 0.717) is 11.0 Å². The van der Waals surface area contributed by atoms with Crippen LogP contribution in [0.3, 0.4) is 0 Å². The van der Waals surface area contributed by atoms with E-state index in [1.54, 1.807) is 6.07 Å². The van der Waals surface area contributed by atoms with Gasteiger partial charge in [0.05, 0.1) is 5.56 Å². The van der Waals surface area contributed by atoms with Gasteiger partial charge < -0.3 is 0 Å². The average Bonchev–Trinajstić information content (AvgIpc) is 2.97. The van der Waals surface area contributed by atoms with Gasteiger partial charge in [-0.3, -0.25) is 10.1 Å². The lowest BCUT2D eigenvalue weighted by molar-refractivity contribution is 0.102. The van der Waals surface area contributed by atoms with E-state index in [0.717, 1.165) is 22.7 Å². The Morgan fingerprint density at radius 3 is 2.59 bits per heavy atom. The van der Waals surface area contributed by atoms with Crippen molar-refractivity contribution >= 4 is 22.6 Å². The number of nitrogens with zero attached hydrogens (tertiary/aromatic N) is 2. The SMILES string of the molecule is Cc1ccc(-c2nsc(NC(=O)c3ccccc3F)n2)cc1. The fourth-order valence-electron chi connectivity index (χ4n) is 1.90. The highest BCUT2D eigenvalue weighted by molar-refractivity contribution is 7.10. The highest BCUT2D eigenvalue weighted by Crippen LogP contribution is 2.22. The van der Waals surface area contributed by atoms with Gasteiger partial charge in [-0.25, -0.2) is 4.39 Å². The van der Waals surface area contributed by atoms with E-state index < -0.39 is 11.7 Å². The third-order valence-electron chi connectivity index (χ3n) is 3.07. The van der Waals surface area contributed by atoms with Gasteiger partial charge in [-0.05, 0) is 19.1 Å². The van der Waals surface area contributed by atoms with Crippen molar-refractivity contribution in [1.29, 1.82) is 0 Å². The van der Waals surface area contributed by atoms with Gasteiger partial charge in [-0.2, -0.15) is 9.36 Å². The number of carbonyl (C=O) groups excluding carboxylic acids is 1. The second-order valence-electron chi connectivity index (χ2n) is 4.72. The van der Waals surface area contributed by atoms with Crippen LogP contribution >= 0.6 is 11.5 Å². The zero-order chi connectivity index (χ0) is 15.5. The molecule has 0 bridgehead atoms. The minimum Gasteiger partial charge on any atom is -0.296 e. The summed E-state index contributed by atoms with van der Waals surface area (Å²) >= 11 is 1.06. The maximum atomic E-state index is 13.6. The number of rotatable bonds is 3. The Labute approximate surface area is 130 Å². The Balaban J connectivity index is 1.78. The number of halogens is 1. The summed E-state index contributed by atoms with van der Waals surface area (Å²) in [5.41, 5.74) is 2.00. The summed E-state index contributed by atoms with van der Waals surface area (Å²) in [7, 11) is 0. The molecule has 3 aromatic rings. The van der Waals surface area contributed by atoms with Crippen molar-refractivity contribution in [2.45, 2.75) is 6.92 Å². The number of carbonyl (C=O) groups is 1. The molecule has 3 rings (SSSR count). The van der Waals surface area contributed by atoms with Gasteiger partial charge in [0.25, 0.3) is 5.91 Å². The predicted molar refractivity (Wildman–Crippen MR) is 84.4 cm³/mol. The van der Waals surface area contributed by atoms with Gasteiger partial charge in [0.2, 0.25) is 5.13 Å². The maximum Gasteiger partial charge on any atom is 0.260 e. The van der Waals surface area contributed by atoms with Crippen LogP contribution < -0.4 is 5.32 Å². The van der Waals surface area contributed by atoms with Crippen LogP contribution in [0.25, 0.3) is 11.4 Å². The molecule has 6 heteroatoms. The van der Waals surface area contributed by atoms with E-state index in [9.17, 15) is 9.18 Å². The molecule has 2 aromatic carbocycles. The molecule has 1 heterocycles. The van der Waals surface area contributed by atoms with Gasteiger partial charge in [-0.1, -0.05) is 42.0 Å². The van der Waals surface area contributed by atoms with Crippen LogP contribution in [-0.2, 0) is 0 Å². The quantitative estimate of drug-likeness (QED) is 0.797. The molecule has 0 atom stereocenters. The molecule has 0 spiro atoms. The Morgan fingerprint density at radius 2 is 1.86 bits per heavy atom. The lowest BCUT2D eigenvalue weighted by atomic mass is 10.1. The molecule has 4 nitrogen and oxygen atoms in total. The molecule has 1 aromatic heterocycles. The van der Waals surface area contributed by atoms with Crippen LogP contribution in [0.1, 0.15) is 15.9 Å². The molecule has 0 aliphatic heterocycles. The maximum absolute atomic E-state index is 13.6. The van der Waals surface area contributed by atoms with Crippen LogP contribution in [0.2, 0.25) is 0 Å². The largest absolute Gasteiger partial charge is 0.296 e. The van der Waals surface area contributed by atoms with Crippen molar-refractivity contribution in [3.8, 4) is 11.4 Å². The minimum absolute atomic E-state index is 0.0189. The summed E-state index contributed by atoms with van der Waals surface area (Å²) in [6, 6.07) is 13.6. The van der Waals surface area contributed by atoms with Gasteiger partial charge in [-0.15, -0.1) is 0 Å². The molecule has 0 fully saturated rings. The van der Waals surface area contributed by atoms with Crippen molar-refractivity contribution < 1.29 is 9.18 Å². The number of benzene rings is 2. The highest BCUT2D eigenvalue weighted by atomic mass is 32.1. The topological polar surface area (TPSA) is 54.9 Å². The lowest BCUT2D eigenvalue weighted by Gasteiger charge is -2.01. The zero-order valence-electron chi connectivity index (χ0n) is 11.7. The van der Waals surface area contributed by atoms with Crippen molar-refractivity contribution in [3.63, 3.8) is 0 Å². The number of amides is 1. The number of nitrogens with one attached hydrogen (secondary N) is 1. The van der Waals surface area contributed by atoms with Crippen molar-refractivity contribution in [2.24, 2.45) is 0 Å². The molecular weight excluding hydrogens is 301 g/mol. The molecule has 0 unspecified atom stereocenters. The van der Waals surface area contributed by atoms with Crippen LogP contribution in [0, 0.1) is 12.7 Å². The first-order valence-corrected chi connectivity index (χ1v) is 7.37. The number of anilines is 1. The minimum atomic E-state index is -0.566. The number of aromatic nitrogens is 2. The molecule has 0 radical (unpaired) electrons. The summed E-state index contributed by atoms with van der Waals surface area (Å²) in [5.74, 6) is -0.568. The Hall–Kier alpha value is -2.60. The van der Waals surface area contributed by atoms with E-state index in [2.05, 4.69) is 14.7 Å². The normalized spacial score (nSPS) is 10.5. The van der Waals surface area contributed by atoms with E-state index in [1.165, 1.54) is 18.2 Å². The Morgan fingerprint density at radius 1 is 1.14 bits per heavy atom. The third-order valence-corrected chi connectivity index (χ3v) is 3.71. The summed E-state index contributed by atoms with van der Waals surface area (Å²) in [6.07, 6.45) is 0. The predicted octanol–water partition coefficient (Wildman–Crippen LogP) is 3.90. The second kappa shape index (κ2) is 6.03. The van der Waals surface area contributed by atoms with Crippen LogP contribution in [0.15, 0.2) is 48.5 Å². The molecule has 0 aliphatic rings. The van der Waals surface area contributed by atoms with Gasteiger partial charge in [0.1, 0.15) is 5.82 Å². The van der Waals surface area contributed by atoms with E-state index in [4.69, 9.17) is 0 Å². The summed E-state index contributed by atoms with van der Waals surface area (Å²) in [4.78, 5) is 16.3. The molecule has 0 aliphatic carbocycles. The third kappa shape index (κ3) is 3.01. The zero-order valence-corrected chi connectivity index (χ0v) is 12.5. The molecule has 1 N–H and O–H groups in total. The van der Waals surface area contributed by atoms with Gasteiger partial charge in [0.15, 0.2) is 5.82 Å². The van der Waals surface area contributed by atoms with Crippen molar-refractivity contribution in [2.75, 3.05) is 5.32 Å². The monoisotopic (exact) mass is 313 g/mol. The molecular formula is C16H12FN3OS. The van der Waals surface area contributed by atoms with Crippen molar-refractivity contribution in [1.82, 2.24) is 9.36 Å². The van der Waals surface area contributed by atoms with Crippen molar-refractivity contribution in [3.05, 3.63) is 65.5 Å². The summed E-state index contributed by atoms with van der Waals surface area (Å²) in [6.45, 7) is 2.00. The Kier molecular flexibility index (Phi) is 3.93. The first-order valence-electron chi connectivity index (χ1n) is 6.60. The van der Waals surface area contributed by atoms with E-state index >= 15 is 0 Å². The smallest absolute Gasteiger partial charge is 0.260 e. The molecule has 110 valence electrons. The Bertz CT molecular complexity index is 814. The van der Waals surface area contributed by atoms with E-state index in [1.807, 2.05) is 31.2 Å². The number of hydrogen-bond acceptors (Lipinski definition) is 4. The van der Waals surface area contributed by atoms with Gasteiger partial charge in [0, 0.05) is 17.1 Å². The molecule has 0 saturated heterocycles. The standard InChI is InChI=1S/C16H12FN3OS/c1-10-6-8-11(9-7-10)14-18-16(22-20-14)19-15(21)12-4-2-3-5-13(12)17/h2-9H,1H3,(H,18,19,20,21). The first-order chi connectivity index (χ1) is 10.6. The van der Waals surface area contributed by atoms with Crippen LogP contribution in [0.4, 0.5) is 9.52 Å². The molecule has 0 saturated carbocycles. The number of hydrogen-bond donors (Lipinski definition) is 1. The molecule has 1 amide bonds. The van der Waals surface area contributed by atoms with E-state index in [-0.39, 0.29) is 5.56 Å². The average molecular weight is 313 g/mol. The van der Waals surface area contributed by atoms with Gasteiger partial charge >= 0.3 is 0 Å².